The van der Waals surface area contributed by atoms with Crippen LogP contribution in [-0.4, -0.2) is 36.9 Å². The first-order valence-corrected chi connectivity index (χ1v) is 9.26. The fourth-order valence-electron chi connectivity index (χ4n) is 3.73. The van der Waals surface area contributed by atoms with Crippen molar-refractivity contribution in [3.8, 4) is 5.75 Å². The zero-order chi connectivity index (χ0) is 17.1. The van der Waals surface area contributed by atoms with Gasteiger partial charge in [0.15, 0.2) is 5.78 Å². The molecule has 25 heavy (non-hydrogen) atoms. The van der Waals surface area contributed by atoms with Gasteiger partial charge < -0.3 is 15.4 Å². The number of fused-ring (bicyclic) bond motifs is 2. The number of hydrogen-bond acceptors (Lipinski definition) is 4. The minimum atomic E-state index is -0.0753. The van der Waals surface area contributed by atoms with E-state index in [9.17, 15) is 9.59 Å². The summed E-state index contributed by atoms with van der Waals surface area (Å²) >= 11 is 3.36. The predicted octanol–water partition coefficient (Wildman–Crippen LogP) is 3.24. The first-order valence-electron chi connectivity index (χ1n) is 8.47. The van der Waals surface area contributed by atoms with Crippen molar-refractivity contribution in [2.45, 2.75) is 56.7 Å². The minimum absolute atomic E-state index is 0. The number of nitrogens with one attached hydrogen (secondary N) is 2. The van der Waals surface area contributed by atoms with E-state index in [-0.39, 0.29) is 43.0 Å². The van der Waals surface area contributed by atoms with Crippen molar-refractivity contribution in [2.75, 3.05) is 7.11 Å². The van der Waals surface area contributed by atoms with Crippen LogP contribution in [0.25, 0.3) is 0 Å². The lowest BCUT2D eigenvalue weighted by atomic mass is 9.99. The van der Waals surface area contributed by atoms with Crippen molar-refractivity contribution in [1.29, 1.82) is 0 Å². The maximum atomic E-state index is 12.4. The average Bonchev–Trinajstić information content (AvgIpc) is 2.91. The van der Waals surface area contributed by atoms with Gasteiger partial charge in [0.1, 0.15) is 5.75 Å². The standard InChI is InChI=1S/C18H23BrN2O3.ClH/c1-24-17-6-2-11(19)8-15(17)16(22)5-7-18(23)21-14-9-12-3-4-13(10-14)20-12;/h2,6,8,12-14,20H,3-5,7,9-10H2,1H3,(H,21,23);1H. The summed E-state index contributed by atoms with van der Waals surface area (Å²) in [7, 11) is 1.54. The number of piperidine rings is 1. The molecule has 2 saturated heterocycles. The fraction of sp³-hybridized carbons (Fsp3) is 0.556. The summed E-state index contributed by atoms with van der Waals surface area (Å²) in [6.45, 7) is 0. The maximum Gasteiger partial charge on any atom is 0.220 e. The molecule has 3 rings (SSSR count). The van der Waals surface area contributed by atoms with Gasteiger partial charge in [-0.15, -0.1) is 12.4 Å². The second-order valence-electron chi connectivity index (χ2n) is 6.64. The number of ketones is 1. The molecule has 2 aliphatic rings. The van der Waals surface area contributed by atoms with Gasteiger partial charge >= 0.3 is 0 Å². The van der Waals surface area contributed by atoms with Gasteiger partial charge in [0, 0.05) is 35.4 Å². The molecule has 0 aromatic heterocycles. The molecule has 2 aliphatic heterocycles. The first kappa shape index (κ1) is 20.2. The Bertz CT molecular complexity index is 629. The number of hydrogen-bond donors (Lipinski definition) is 2. The van der Waals surface area contributed by atoms with Crippen LogP contribution in [0.2, 0.25) is 0 Å². The van der Waals surface area contributed by atoms with Gasteiger partial charge in [-0.05, 0) is 43.9 Å². The van der Waals surface area contributed by atoms with Gasteiger partial charge in [0.05, 0.1) is 12.7 Å². The second kappa shape index (κ2) is 9.01. The topological polar surface area (TPSA) is 67.4 Å². The molecule has 0 spiro atoms. The van der Waals surface area contributed by atoms with E-state index in [0.29, 0.717) is 23.4 Å². The molecular formula is C18H24BrClN2O3. The van der Waals surface area contributed by atoms with Crippen molar-refractivity contribution < 1.29 is 14.3 Å². The largest absolute Gasteiger partial charge is 0.496 e. The van der Waals surface area contributed by atoms with Gasteiger partial charge in [-0.3, -0.25) is 9.59 Å². The Morgan fingerprint density at radius 1 is 1.24 bits per heavy atom. The lowest BCUT2D eigenvalue weighted by Gasteiger charge is -2.29. The lowest BCUT2D eigenvalue weighted by molar-refractivity contribution is -0.122. The van der Waals surface area contributed by atoms with E-state index >= 15 is 0 Å². The van der Waals surface area contributed by atoms with E-state index in [2.05, 4.69) is 26.6 Å². The summed E-state index contributed by atoms with van der Waals surface area (Å²) in [4.78, 5) is 24.6. The Kier molecular flexibility index (Phi) is 7.28. The van der Waals surface area contributed by atoms with Crippen molar-refractivity contribution in [2.24, 2.45) is 0 Å². The van der Waals surface area contributed by atoms with Crippen LogP contribution in [-0.2, 0) is 4.79 Å². The lowest BCUT2D eigenvalue weighted by Crippen LogP contribution is -2.48. The van der Waals surface area contributed by atoms with Gasteiger partial charge in [-0.2, -0.15) is 0 Å². The van der Waals surface area contributed by atoms with Crippen LogP contribution < -0.4 is 15.4 Å². The quantitative estimate of drug-likeness (QED) is 0.679. The van der Waals surface area contributed by atoms with Crippen LogP contribution in [0.3, 0.4) is 0 Å². The molecule has 2 atom stereocenters. The number of halogens is 2. The number of amides is 1. The molecule has 0 radical (unpaired) electrons. The average molecular weight is 432 g/mol. The number of methoxy groups -OCH3 is 1. The highest BCUT2D eigenvalue weighted by atomic mass is 79.9. The number of Topliss-reactive ketones (excluding diaryl/α,β-unsaturated/α-hetero) is 1. The molecule has 1 aromatic carbocycles. The zero-order valence-electron chi connectivity index (χ0n) is 14.2. The van der Waals surface area contributed by atoms with Crippen LogP contribution >= 0.6 is 28.3 Å². The van der Waals surface area contributed by atoms with Crippen LogP contribution in [0.5, 0.6) is 5.75 Å². The number of carbonyl (C=O) groups excluding carboxylic acids is 2. The number of ether oxygens (including phenoxy) is 1. The minimum Gasteiger partial charge on any atom is -0.496 e. The Labute approximate surface area is 162 Å². The Hall–Kier alpha value is -1.11. The normalized spacial score (nSPS) is 24.3. The van der Waals surface area contributed by atoms with E-state index in [1.807, 2.05) is 6.07 Å². The summed E-state index contributed by atoms with van der Waals surface area (Å²) in [5.74, 6) is 0.427. The van der Waals surface area contributed by atoms with Gasteiger partial charge in [0.25, 0.3) is 0 Å². The molecular weight excluding hydrogens is 408 g/mol. The third-order valence-electron chi connectivity index (χ3n) is 4.88. The van der Waals surface area contributed by atoms with E-state index in [0.717, 1.165) is 17.3 Å². The number of carbonyl (C=O) groups is 2. The van der Waals surface area contributed by atoms with E-state index in [1.54, 1.807) is 12.1 Å². The highest BCUT2D eigenvalue weighted by Crippen LogP contribution is 2.27. The molecule has 0 saturated carbocycles. The highest BCUT2D eigenvalue weighted by molar-refractivity contribution is 9.10. The third kappa shape index (κ3) is 5.19. The summed E-state index contributed by atoms with van der Waals surface area (Å²) < 4.78 is 6.05. The van der Waals surface area contributed by atoms with Crippen LogP contribution in [0.15, 0.2) is 22.7 Å². The van der Waals surface area contributed by atoms with Crippen molar-refractivity contribution >= 4 is 40.0 Å². The van der Waals surface area contributed by atoms with Crippen molar-refractivity contribution in [3.05, 3.63) is 28.2 Å². The van der Waals surface area contributed by atoms with Gasteiger partial charge in [-0.1, -0.05) is 15.9 Å². The molecule has 7 heteroatoms. The Balaban J connectivity index is 0.00000225. The molecule has 1 amide bonds. The molecule has 2 heterocycles. The zero-order valence-corrected chi connectivity index (χ0v) is 16.6. The first-order chi connectivity index (χ1) is 11.5. The summed E-state index contributed by atoms with van der Waals surface area (Å²) in [6.07, 6.45) is 4.81. The molecule has 5 nitrogen and oxygen atoms in total. The summed E-state index contributed by atoms with van der Waals surface area (Å²) in [5.41, 5.74) is 0.514. The van der Waals surface area contributed by atoms with Crippen LogP contribution in [0, 0.1) is 0 Å². The molecule has 138 valence electrons. The molecule has 2 bridgehead atoms. The smallest absolute Gasteiger partial charge is 0.220 e. The molecule has 2 N–H and O–H groups in total. The second-order valence-corrected chi connectivity index (χ2v) is 7.56. The van der Waals surface area contributed by atoms with Crippen molar-refractivity contribution in [1.82, 2.24) is 10.6 Å². The van der Waals surface area contributed by atoms with Gasteiger partial charge in [-0.25, -0.2) is 0 Å². The van der Waals surface area contributed by atoms with E-state index < -0.39 is 0 Å². The van der Waals surface area contributed by atoms with Crippen molar-refractivity contribution in [3.63, 3.8) is 0 Å². The van der Waals surface area contributed by atoms with Crippen LogP contribution in [0.1, 0.15) is 48.9 Å². The summed E-state index contributed by atoms with van der Waals surface area (Å²) in [5, 5.41) is 6.65. The van der Waals surface area contributed by atoms with Crippen LogP contribution in [0.4, 0.5) is 0 Å². The molecule has 2 unspecified atom stereocenters. The van der Waals surface area contributed by atoms with Gasteiger partial charge in [0.2, 0.25) is 5.91 Å². The molecule has 1 aromatic rings. The Morgan fingerprint density at radius 3 is 2.56 bits per heavy atom. The molecule has 2 fully saturated rings. The Morgan fingerprint density at radius 2 is 1.92 bits per heavy atom. The number of rotatable bonds is 6. The molecule has 0 aliphatic carbocycles. The highest BCUT2D eigenvalue weighted by Gasteiger charge is 2.33. The summed E-state index contributed by atoms with van der Waals surface area (Å²) in [6, 6.07) is 6.65. The SMILES string of the molecule is COc1ccc(Br)cc1C(=O)CCC(=O)NC1CC2CCC(C1)N2.Cl. The monoisotopic (exact) mass is 430 g/mol. The predicted molar refractivity (Wildman–Crippen MR) is 103 cm³/mol. The third-order valence-corrected chi connectivity index (χ3v) is 5.37. The fourth-order valence-corrected chi connectivity index (χ4v) is 4.10. The van der Waals surface area contributed by atoms with E-state index in [4.69, 9.17) is 4.74 Å². The maximum absolute atomic E-state index is 12.4. The number of benzene rings is 1. The van der Waals surface area contributed by atoms with E-state index in [1.165, 1.54) is 20.0 Å².